The summed E-state index contributed by atoms with van der Waals surface area (Å²) in [6.45, 7) is 5.23. The van der Waals surface area contributed by atoms with Crippen molar-refractivity contribution in [3.05, 3.63) is 71.3 Å². The lowest BCUT2D eigenvalue weighted by molar-refractivity contribution is -0.135. The maximum atomic E-state index is 13.0. The number of nitrogens with zero attached hydrogens (tertiary/aromatic N) is 1. The van der Waals surface area contributed by atoms with E-state index >= 15 is 0 Å². The fourth-order valence-electron chi connectivity index (χ4n) is 3.21. The van der Waals surface area contributed by atoms with E-state index in [2.05, 4.69) is 17.4 Å². The Morgan fingerprint density at radius 1 is 0.960 bits per heavy atom. The van der Waals surface area contributed by atoms with Crippen LogP contribution >= 0.6 is 0 Å². The average molecular weight is 336 g/mol. The fraction of sp³-hybridized carbons (Fsp3) is 0.333. The van der Waals surface area contributed by atoms with E-state index in [1.165, 1.54) is 11.1 Å². The first kappa shape index (κ1) is 17.2. The van der Waals surface area contributed by atoms with Gasteiger partial charge in [0.15, 0.2) is 0 Å². The molecule has 3 rings (SSSR count). The molecule has 0 saturated carbocycles. The molecular weight excluding hydrogens is 312 g/mol. The van der Waals surface area contributed by atoms with Crippen LogP contribution in [0.3, 0.4) is 0 Å². The van der Waals surface area contributed by atoms with Gasteiger partial charge in [0.1, 0.15) is 6.04 Å². The zero-order valence-corrected chi connectivity index (χ0v) is 14.7. The largest absolute Gasteiger partial charge is 0.340 e. The number of nitrogens with one attached hydrogen (secondary N) is 1. The van der Waals surface area contributed by atoms with Crippen molar-refractivity contribution < 1.29 is 9.59 Å². The van der Waals surface area contributed by atoms with E-state index in [0.29, 0.717) is 18.7 Å². The zero-order valence-electron chi connectivity index (χ0n) is 14.7. The molecule has 0 bridgehead atoms. The number of rotatable bonds is 4. The van der Waals surface area contributed by atoms with Crippen molar-refractivity contribution in [2.75, 3.05) is 6.54 Å². The first-order valence-corrected chi connectivity index (χ1v) is 8.77. The van der Waals surface area contributed by atoms with E-state index in [0.717, 1.165) is 6.42 Å². The molecule has 1 heterocycles. The van der Waals surface area contributed by atoms with Crippen LogP contribution in [0.4, 0.5) is 0 Å². The number of benzene rings is 2. The molecule has 2 aromatic rings. The molecule has 2 amide bonds. The van der Waals surface area contributed by atoms with Crippen LogP contribution in [0.1, 0.15) is 35.3 Å². The Bertz CT molecular complexity index is 756. The van der Waals surface area contributed by atoms with Crippen LogP contribution in [0.15, 0.2) is 54.6 Å². The lowest BCUT2D eigenvalue weighted by atomic mass is 9.97. The van der Waals surface area contributed by atoms with Crippen LogP contribution in [-0.2, 0) is 17.8 Å². The predicted octanol–water partition coefficient (Wildman–Crippen LogP) is 3.03. The molecule has 2 aromatic carbocycles. The van der Waals surface area contributed by atoms with E-state index in [9.17, 15) is 9.59 Å². The third kappa shape index (κ3) is 3.90. The summed E-state index contributed by atoms with van der Waals surface area (Å²) in [5.74, 6) is -0.184. The highest BCUT2D eigenvalue weighted by Crippen LogP contribution is 2.20. The van der Waals surface area contributed by atoms with Gasteiger partial charge in [0.2, 0.25) is 5.91 Å². The van der Waals surface area contributed by atoms with Crippen molar-refractivity contribution in [2.24, 2.45) is 5.92 Å². The minimum Gasteiger partial charge on any atom is -0.340 e. The number of hydrogen-bond acceptors (Lipinski definition) is 2. The topological polar surface area (TPSA) is 49.4 Å². The highest BCUT2D eigenvalue weighted by molar-refractivity contribution is 5.97. The first-order chi connectivity index (χ1) is 12.1. The Kier molecular flexibility index (Phi) is 5.17. The van der Waals surface area contributed by atoms with Gasteiger partial charge in [-0.15, -0.1) is 0 Å². The summed E-state index contributed by atoms with van der Waals surface area (Å²) in [6, 6.07) is 16.7. The average Bonchev–Trinajstić information content (AvgIpc) is 2.65. The van der Waals surface area contributed by atoms with Gasteiger partial charge in [0.05, 0.1) is 0 Å². The maximum Gasteiger partial charge on any atom is 0.251 e. The molecule has 0 aliphatic carbocycles. The van der Waals surface area contributed by atoms with E-state index in [1.54, 1.807) is 12.1 Å². The molecule has 1 N–H and O–H groups in total. The van der Waals surface area contributed by atoms with Gasteiger partial charge >= 0.3 is 0 Å². The molecule has 0 unspecified atom stereocenters. The van der Waals surface area contributed by atoms with Crippen molar-refractivity contribution in [2.45, 2.75) is 32.9 Å². The monoisotopic (exact) mass is 336 g/mol. The summed E-state index contributed by atoms with van der Waals surface area (Å²) in [5, 5.41) is 2.92. The lowest BCUT2D eigenvalue weighted by Gasteiger charge is -2.33. The van der Waals surface area contributed by atoms with Crippen molar-refractivity contribution in [1.82, 2.24) is 10.2 Å². The van der Waals surface area contributed by atoms with Gasteiger partial charge in [-0.2, -0.15) is 0 Å². The number of fused-ring (bicyclic) bond motifs is 1. The highest BCUT2D eigenvalue weighted by Gasteiger charge is 2.30. The van der Waals surface area contributed by atoms with Gasteiger partial charge in [-0.05, 0) is 35.6 Å². The number of carbonyl (C=O) groups excluding carboxylic acids is 2. The van der Waals surface area contributed by atoms with E-state index in [1.807, 2.05) is 49.1 Å². The Morgan fingerprint density at radius 3 is 2.28 bits per heavy atom. The Morgan fingerprint density at radius 2 is 1.60 bits per heavy atom. The minimum atomic E-state index is -0.516. The molecule has 0 spiro atoms. The minimum absolute atomic E-state index is 0.00576. The van der Waals surface area contributed by atoms with E-state index in [-0.39, 0.29) is 17.7 Å². The highest BCUT2D eigenvalue weighted by atomic mass is 16.2. The van der Waals surface area contributed by atoms with Crippen LogP contribution in [0.2, 0.25) is 0 Å². The van der Waals surface area contributed by atoms with Crippen LogP contribution in [0.5, 0.6) is 0 Å². The molecular formula is C21H24N2O2. The smallest absolute Gasteiger partial charge is 0.251 e. The fourth-order valence-corrected chi connectivity index (χ4v) is 3.21. The molecule has 1 atom stereocenters. The third-order valence-corrected chi connectivity index (χ3v) is 4.70. The Labute approximate surface area is 148 Å². The summed E-state index contributed by atoms with van der Waals surface area (Å²) >= 11 is 0. The van der Waals surface area contributed by atoms with Gasteiger partial charge < -0.3 is 10.2 Å². The predicted molar refractivity (Wildman–Crippen MR) is 98.1 cm³/mol. The van der Waals surface area contributed by atoms with Crippen LogP contribution < -0.4 is 5.32 Å². The van der Waals surface area contributed by atoms with Crippen molar-refractivity contribution >= 4 is 11.8 Å². The number of amides is 2. The molecule has 4 heteroatoms. The van der Waals surface area contributed by atoms with Crippen molar-refractivity contribution in [3.63, 3.8) is 0 Å². The molecule has 130 valence electrons. The van der Waals surface area contributed by atoms with Gasteiger partial charge in [0.25, 0.3) is 5.91 Å². The molecule has 0 aromatic heterocycles. The van der Waals surface area contributed by atoms with Crippen molar-refractivity contribution in [1.29, 1.82) is 0 Å². The molecule has 4 nitrogen and oxygen atoms in total. The van der Waals surface area contributed by atoms with E-state index < -0.39 is 6.04 Å². The second kappa shape index (κ2) is 7.51. The first-order valence-electron chi connectivity index (χ1n) is 8.77. The third-order valence-electron chi connectivity index (χ3n) is 4.70. The molecule has 1 aliphatic heterocycles. The zero-order chi connectivity index (χ0) is 17.8. The number of carbonyl (C=O) groups is 2. The molecule has 25 heavy (non-hydrogen) atoms. The van der Waals surface area contributed by atoms with Gasteiger partial charge in [-0.25, -0.2) is 0 Å². The summed E-state index contributed by atoms with van der Waals surface area (Å²) in [6.07, 6.45) is 0.860. The lowest BCUT2D eigenvalue weighted by Crippen LogP contribution is -2.52. The van der Waals surface area contributed by atoms with Crippen LogP contribution in [0.25, 0.3) is 0 Å². The van der Waals surface area contributed by atoms with Gasteiger partial charge in [-0.1, -0.05) is 56.3 Å². The van der Waals surface area contributed by atoms with Crippen LogP contribution in [-0.4, -0.2) is 29.3 Å². The quantitative estimate of drug-likeness (QED) is 0.933. The molecule has 0 fully saturated rings. The Balaban J connectivity index is 1.73. The van der Waals surface area contributed by atoms with Gasteiger partial charge in [0, 0.05) is 18.7 Å². The summed E-state index contributed by atoms with van der Waals surface area (Å²) in [5.41, 5.74) is 3.07. The second-order valence-electron chi connectivity index (χ2n) is 6.84. The maximum absolute atomic E-state index is 13.0. The second-order valence-corrected chi connectivity index (χ2v) is 6.84. The Hall–Kier alpha value is -2.62. The van der Waals surface area contributed by atoms with E-state index in [4.69, 9.17) is 0 Å². The summed E-state index contributed by atoms with van der Waals surface area (Å²) in [7, 11) is 0. The van der Waals surface area contributed by atoms with Crippen molar-refractivity contribution in [3.8, 4) is 0 Å². The van der Waals surface area contributed by atoms with Gasteiger partial charge in [-0.3, -0.25) is 9.59 Å². The SMILES string of the molecule is CC(C)[C@@H](NC(=O)c1ccccc1)C(=O)N1CCc2ccccc2C1. The van der Waals surface area contributed by atoms with Crippen LogP contribution in [0, 0.1) is 5.92 Å². The summed E-state index contributed by atoms with van der Waals surface area (Å²) in [4.78, 5) is 27.4. The number of hydrogen-bond donors (Lipinski definition) is 1. The molecule has 1 aliphatic rings. The molecule has 0 radical (unpaired) electrons. The standard InChI is InChI=1S/C21H24N2O2/c1-15(2)19(22-20(24)17-9-4-3-5-10-17)21(25)23-13-12-16-8-6-7-11-18(16)14-23/h3-11,15,19H,12-14H2,1-2H3,(H,22,24)/t19-/m1/s1. The molecule has 0 saturated heterocycles. The normalized spacial score (nSPS) is 14.8. The summed E-state index contributed by atoms with van der Waals surface area (Å²) < 4.78 is 0.